The van der Waals surface area contributed by atoms with Gasteiger partial charge in [-0.2, -0.15) is 0 Å². The fourth-order valence-electron chi connectivity index (χ4n) is 3.99. The molecule has 0 saturated carbocycles. The monoisotopic (exact) mass is 416 g/mol. The largest absolute Gasteiger partial charge is 0.468 e. The van der Waals surface area contributed by atoms with Crippen molar-refractivity contribution in [2.24, 2.45) is 5.92 Å². The Morgan fingerprint density at radius 2 is 1.83 bits per heavy atom. The molecule has 4 atom stereocenters. The van der Waals surface area contributed by atoms with Gasteiger partial charge in [-0.15, -0.1) is 0 Å². The number of piperidine rings is 1. The first-order valence-corrected chi connectivity index (χ1v) is 9.07. The second kappa shape index (κ2) is 7.62. The first-order valence-electron chi connectivity index (χ1n) is 9.07. The van der Waals surface area contributed by atoms with Crippen molar-refractivity contribution in [3.05, 3.63) is 69.5 Å². The quantitative estimate of drug-likeness (QED) is 0.350. The highest BCUT2D eigenvalue weighted by Gasteiger charge is 2.55. The molecule has 1 N–H and O–H groups in total. The maximum atomic E-state index is 13.4. The van der Waals surface area contributed by atoms with Gasteiger partial charge in [0.1, 0.15) is 17.8 Å². The predicted molar refractivity (Wildman–Crippen MR) is 98.9 cm³/mol. The van der Waals surface area contributed by atoms with E-state index in [4.69, 9.17) is 14.2 Å². The lowest BCUT2D eigenvalue weighted by molar-refractivity contribution is -0.534. The van der Waals surface area contributed by atoms with Crippen LogP contribution in [0.5, 0.6) is 11.5 Å². The van der Waals surface area contributed by atoms with Gasteiger partial charge in [-0.25, -0.2) is 4.39 Å². The Kier molecular flexibility index (Phi) is 4.98. The molecule has 4 rings (SSSR count). The number of carbonyl (C=O) groups excluding carboxylic acids is 2. The van der Waals surface area contributed by atoms with Crippen molar-refractivity contribution in [2.75, 3.05) is 13.9 Å². The minimum absolute atomic E-state index is 0.0249. The van der Waals surface area contributed by atoms with Crippen LogP contribution in [0.15, 0.2) is 42.5 Å². The Balaban J connectivity index is 1.83. The number of nitrogens with zero attached hydrogens (tertiary/aromatic N) is 1. The van der Waals surface area contributed by atoms with E-state index in [0.29, 0.717) is 17.1 Å². The van der Waals surface area contributed by atoms with Crippen molar-refractivity contribution >= 4 is 11.9 Å². The molecule has 10 heteroatoms. The third kappa shape index (κ3) is 3.30. The van der Waals surface area contributed by atoms with Crippen LogP contribution in [0.3, 0.4) is 0 Å². The maximum absolute atomic E-state index is 13.4. The summed E-state index contributed by atoms with van der Waals surface area (Å²) in [6.45, 7) is 0.0249. The van der Waals surface area contributed by atoms with Crippen LogP contribution in [0.2, 0.25) is 0 Å². The van der Waals surface area contributed by atoms with E-state index in [2.05, 4.69) is 5.32 Å². The lowest BCUT2D eigenvalue weighted by atomic mass is 9.73. The lowest BCUT2D eigenvalue weighted by Gasteiger charge is -2.37. The summed E-state index contributed by atoms with van der Waals surface area (Å²) in [5.41, 5.74) is 0.707. The van der Waals surface area contributed by atoms with Gasteiger partial charge in [-0.05, 0) is 35.4 Å². The van der Waals surface area contributed by atoms with Crippen molar-refractivity contribution in [3.8, 4) is 11.5 Å². The smallest absolute Gasteiger partial charge is 0.319 e. The van der Waals surface area contributed by atoms with E-state index in [1.807, 2.05) is 0 Å². The zero-order valence-corrected chi connectivity index (χ0v) is 15.7. The minimum Gasteiger partial charge on any atom is -0.468 e. The number of hydrogen-bond acceptors (Lipinski definition) is 7. The molecule has 1 fully saturated rings. The summed E-state index contributed by atoms with van der Waals surface area (Å²) in [4.78, 5) is 36.9. The number of halogens is 1. The normalized spacial score (nSPS) is 24.8. The van der Waals surface area contributed by atoms with Crippen LogP contribution in [0.25, 0.3) is 0 Å². The molecule has 0 aliphatic carbocycles. The highest BCUT2D eigenvalue weighted by atomic mass is 19.1. The molecule has 30 heavy (non-hydrogen) atoms. The highest BCUT2D eigenvalue weighted by molar-refractivity contribution is 6.00. The number of hydrogen-bond donors (Lipinski definition) is 1. The lowest BCUT2D eigenvalue weighted by Crippen LogP contribution is -2.56. The first kappa shape index (κ1) is 19.6. The van der Waals surface area contributed by atoms with Gasteiger partial charge in [0.25, 0.3) is 0 Å². The molecule has 0 aromatic heterocycles. The van der Waals surface area contributed by atoms with E-state index < -0.39 is 46.5 Å². The fourth-order valence-corrected chi connectivity index (χ4v) is 3.99. The van der Waals surface area contributed by atoms with Crippen LogP contribution in [-0.4, -0.2) is 36.7 Å². The molecule has 1 saturated heterocycles. The number of methoxy groups -OCH3 is 1. The van der Waals surface area contributed by atoms with Crippen molar-refractivity contribution < 1.29 is 33.1 Å². The van der Waals surface area contributed by atoms with Gasteiger partial charge in [-0.1, -0.05) is 18.2 Å². The molecule has 0 radical (unpaired) electrons. The maximum Gasteiger partial charge on any atom is 0.319 e. The number of amides is 1. The van der Waals surface area contributed by atoms with E-state index in [-0.39, 0.29) is 12.4 Å². The van der Waals surface area contributed by atoms with Gasteiger partial charge in [0.05, 0.1) is 13.0 Å². The van der Waals surface area contributed by atoms with Gasteiger partial charge in [0, 0.05) is 4.92 Å². The molecule has 0 unspecified atom stereocenters. The zero-order valence-electron chi connectivity index (χ0n) is 15.7. The minimum atomic E-state index is -1.46. The van der Waals surface area contributed by atoms with Crippen LogP contribution < -0.4 is 14.8 Å². The van der Waals surface area contributed by atoms with Crippen LogP contribution in [0, 0.1) is 21.8 Å². The summed E-state index contributed by atoms with van der Waals surface area (Å²) in [6.07, 6.45) is 0. The molecular formula is C20H17FN2O7. The number of rotatable bonds is 4. The van der Waals surface area contributed by atoms with Crippen molar-refractivity contribution in [1.29, 1.82) is 0 Å². The predicted octanol–water partition coefficient (Wildman–Crippen LogP) is 1.94. The van der Waals surface area contributed by atoms with Gasteiger partial charge >= 0.3 is 5.97 Å². The Labute approximate surface area is 169 Å². The second-order valence-electron chi connectivity index (χ2n) is 6.95. The molecule has 2 aliphatic rings. The van der Waals surface area contributed by atoms with E-state index >= 15 is 0 Å². The summed E-state index contributed by atoms with van der Waals surface area (Å²) in [5.74, 6) is -3.90. The van der Waals surface area contributed by atoms with Gasteiger partial charge in [0.15, 0.2) is 11.5 Å². The summed E-state index contributed by atoms with van der Waals surface area (Å²) in [5, 5.41) is 14.7. The number of carbonyl (C=O) groups is 2. The molecule has 2 aliphatic heterocycles. The molecule has 156 valence electrons. The number of nitrogens with one attached hydrogen (secondary N) is 1. The average molecular weight is 416 g/mol. The van der Waals surface area contributed by atoms with Crippen LogP contribution >= 0.6 is 0 Å². The first-order chi connectivity index (χ1) is 14.4. The molecule has 9 nitrogen and oxygen atoms in total. The third-order valence-electron chi connectivity index (χ3n) is 5.36. The van der Waals surface area contributed by atoms with E-state index in [1.54, 1.807) is 18.2 Å². The summed E-state index contributed by atoms with van der Waals surface area (Å²) in [6, 6.07) is 7.20. The molecule has 0 bridgehead atoms. The summed E-state index contributed by atoms with van der Waals surface area (Å²) >= 11 is 0. The Morgan fingerprint density at radius 3 is 2.50 bits per heavy atom. The van der Waals surface area contributed by atoms with Crippen LogP contribution in [0.4, 0.5) is 4.39 Å². The number of benzene rings is 2. The van der Waals surface area contributed by atoms with Crippen LogP contribution in [-0.2, 0) is 14.3 Å². The van der Waals surface area contributed by atoms with Crippen molar-refractivity contribution in [1.82, 2.24) is 5.32 Å². The molecule has 2 aromatic rings. The van der Waals surface area contributed by atoms with Gasteiger partial charge < -0.3 is 19.5 Å². The summed E-state index contributed by atoms with van der Waals surface area (Å²) < 4.78 is 28.8. The third-order valence-corrected chi connectivity index (χ3v) is 5.36. The Bertz CT molecular complexity index is 1010. The SMILES string of the molecule is COC(=O)[C@H]1C(=O)N[C@H](c2ccc3c(c2)OCO3)[C@@H]([N+](=O)[O-])[C@@H]1c1ccc(F)cc1. The summed E-state index contributed by atoms with van der Waals surface area (Å²) in [7, 11) is 1.10. The number of nitro groups is 1. The van der Waals surface area contributed by atoms with E-state index in [1.165, 1.54) is 12.1 Å². The number of esters is 1. The number of ether oxygens (including phenoxy) is 3. The topological polar surface area (TPSA) is 117 Å². The fraction of sp³-hybridized carbons (Fsp3) is 0.300. The van der Waals surface area contributed by atoms with Crippen molar-refractivity contribution in [2.45, 2.75) is 18.0 Å². The van der Waals surface area contributed by atoms with E-state index in [9.17, 15) is 24.1 Å². The van der Waals surface area contributed by atoms with Crippen molar-refractivity contribution in [3.63, 3.8) is 0 Å². The highest BCUT2D eigenvalue weighted by Crippen LogP contribution is 2.43. The van der Waals surface area contributed by atoms with Gasteiger partial charge in [-0.3, -0.25) is 19.7 Å². The molecule has 2 aromatic carbocycles. The van der Waals surface area contributed by atoms with Gasteiger partial charge in [0.2, 0.25) is 18.7 Å². The number of fused-ring (bicyclic) bond motifs is 1. The Morgan fingerprint density at radius 1 is 1.17 bits per heavy atom. The molecule has 1 amide bonds. The molecule has 2 heterocycles. The average Bonchev–Trinajstić information content (AvgIpc) is 3.20. The second-order valence-corrected chi connectivity index (χ2v) is 6.95. The zero-order chi connectivity index (χ0) is 21.4. The molecular weight excluding hydrogens is 399 g/mol. The standard InChI is InChI=1S/C20H17FN2O7/c1-28-20(25)16-15(10-2-5-12(21)6-3-10)18(23(26)27)17(22-19(16)24)11-4-7-13-14(8-11)30-9-29-13/h2-8,15-18H,9H2,1H3,(H,22,24)/t15-,16-,17-,18+/m1/s1. The molecule has 0 spiro atoms. The van der Waals surface area contributed by atoms with E-state index in [0.717, 1.165) is 19.2 Å². The van der Waals surface area contributed by atoms with Crippen LogP contribution in [0.1, 0.15) is 23.1 Å². The Hall–Kier alpha value is -3.69.